The van der Waals surface area contributed by atoms with Gasteiger partial charge in [0.05, 0.1) is 104 Å². The maximum absolute atomic E-state index is 13.4. The monoisotopic (exact) mass is 1100 g/mol. The summed E-state index contributed by atoms with van der Waals surface area (Å²) >= 11 is 0. The van der Waals surface area contributed by atoms with E-state index in [1.54, 1.807) is 13.8 Å². The average molecular weight is 1110 g/mol. The van der Waals surface area contributed by atoms with Crippen LogP contribution in [0.3, 0.4) is 0 Å². The number of ether oxygens (including phenoxy) is 10. The standard InChI is InChI=1S/C47H80N10O20/c1-7-14-68-20-22-72-24-25-73-23-21-71-19-13-57(11-17-69-15-9-55(5)46(66)76-39(33(60)8-2)38-29(3)31(53-44(48)49)26-35(74-38)42(62)63)12-18-70-16-10-56(6)47(67)77-40(34(61)28-58)41-37(52-30(4)59)32(54-45(50)51)27-36(75-41)43(64)65/h1,26-27,29,31-34,37-41,58,60-61H,8-25,28H2,2-6H3,(H,52,59)(H,62,63)(H,64,65)(H4,48,49,53)(H4,50,51,54)/t29-,31+,32+,33-,34-,37-,38-,39-,40-,41-/m1/s1. The summed E-state index contributed by atoms with van der Waals surface area (Å²) in [5.74, 6) is -3.68. The second-order valence-corrected chi connectivity index (χ2v) is 17.4. The molecule has 2 aliphatic rings. The lowest BCUT2D eigenvalue weighted by Gasteiger charge is -2.40. The Bertz CT molecular complexity index is 1990. The van der Waals surface area contributed by atoms with E-state index in [2.05, 4.69) is 21.2 Å². The molecule has 0 saturated heterocycles. The number of carbonyl (C=O) groups is 5. The number of nitrogens with zero attached hydrogens (tertiary/aromatic N) is 5. The van der Waals surface area contributed by atoms with Crippen LogP contribution in [-0.2, 0) is 61.8 Å². The number of carbonyl (C=O) groups excluding carboxylic acids is 3. The lowest BCUT2D eigenvalue weighted by molar-refractivity contribution is -0.147. The quantitative estimate of drug-likeness (QED) is 0.0123. The number of nitrogens with two attached hydrogens (primary N) is 4. The van der Waals surface area contributed by atoms with E-state index in [4.69, 9.17) is 76.7 Å². The first kappa shape index (κ1) is 66.8. The Morgan fingerprint density at radius 3 is 1.51 bits per heavy atom. The number of hydrogen-bond acceptors (Lipinski definition) is 21. The molecule has 3 amide bonds. The number of amides is 3. The van der Waals surface area contributed by atoms with Gasteiger partial charge in [-0.1, -0.05) is 19.8 Å². The highest BCUT2D eigenvalue weighted by molar-refractivity contribution is 5.86. The van der Waals surface area contributed by atoms with Gasteiger partial charge < -0.3 is 111 Å². The van der Waals surface area contributed by atoms with Crippen molar-refractivity contribution in [1.29, 1.82) is 0 Å². The van der Waals surface area contributed by atoms with Crippen LogP contribution in [0.1, 0.15) is 27.2 Å². The molecule has 30 heteroatoms. The highest BCUT2D eigenvalue weighted by atomic mass is 16.6. The number of likely N-dealkylation sites (N-methyl/N-ethyl adjacent to an activating group) is 2. The Balaban J connectivity index is 2.02. The molecule has 2 heterocycles. The van der Waals surface area contributed by atoms with E-state index in [-0.39, 0.29) is 58.5 Å². The molecule has 30 nitrogen and oxygen atoms in total. The number of rotatable bonds is 38. The van der Waals surface area contributed by atoms with Crippen LogP contribution in [0.4, 0.5) is 9.59 Å². The summed E-state index contributed by atoms with van der Waals surface area (Å²) in [6.45, 7) is 7.88. The van der Waals surface area contributed by atoms with E-state index in [1.807, 2.05) is 4.90 Å². The minimum Gasteiger partial charge on any atom is -0.479 e. The lowest BCUT2D eigenvalue weighted by atomic mass is 9.87. The number of guanidine groups is 2. The molecule has 438 valence electrons. The second kappa shape index (κ2) is 36.7. The molecule has 2 rings (SSSR count). The first-order chi connectivity index (χ1) is 36.6. The number of hydrogen-bond donors (Lipinski definition) is 10. The van der Waals surface area contributed by atoms with Crippen molar-refractivity contribution >= 4 is 42.0 Å². The number of aliphatic hydroxyl groups is 3. The first-order valence-corrected chi connectivity index (χ1v) is 24.8. The third-order valence-corrected chi connectivity index (χ3v) is 11.5. The summed E-state index contributed by atoms with van der Waals surface area (Å²) in [6.07, 6.45) is -3.08. The number of aliphatic imine (C=N–C) groups is 2. The summed E-state index contributed by atoms with van der Waals surface area (Å²) in [5.41, 5.74) is 22.3. The van der Waals surface area contributed by atoms with Crippen LogP contribution in [0.5, 0.6) is 0 Å². The van der Waals surface area contributed by atoms with Crippen molar-refractivity contribution < 1.29 is 96.9 Å². The van der Waals surface area contributed by atoms with Crippen molar-refractivity contribution in [2.75, 3.05) is 133 Å². The van der Waals surface area contributed by atoms with Crippen LogP contribution in [-0.4, -0.2) is 270 Å². The number of nitrogens with one attached hydrogen (secondary N) is 1. The third-order valence-electron chi connectivity index (χ3n) is 11.5. The number of aliphatic hydroxyl groups excluding tert-OH is 3. The Morgan fingerprint density at radius 1 is 0.675 bits per heavy atom. The van der Waals surface area contributed by atoms with E-state index in [1.165, 1.54) is 25.1 Å². The van der Waals surface area contributed by atoms with Crippen molar-refractivity contribution in [2.45, 2.75) is 81.9 Å². The Morgan fingerprint density at radius 2 is 1.08 bits per heavy atom. The zero-order chi connectivity index (χ0) is 57.5. The first-order valence-electron chi connectivity index (χ1n) is 24.8. The van der Waals surface area contributed by atoms with Crippen molar-refractivity contribution in [3.63, 3.8) is 0 Å². The third kappa shape index (κ3) is 25.2. The van der Waals surface area contributed by atoms with E-state index < -0.39 is 115 Å². The van der Waals surface area contributed by atoms with Crippen LogP contribution >= 0.6 is 0 Å². The molecule has 77 heavy (non-hydrogen) atoms. The fourth-order valence-corrected chi connectivity index (χ4v) is 7.38. The van der Waals surface area contributed by atoms with Gasteiger partial charge in [-0.05, 0) is 18.6 Å². The van der Waals surface area contributed by atoms with E-state index in [0.29, 0.717) is 65.9 Å². The Kier molecular flexibility index (Phi) is 31.9. The Labute approximate surface area is 447 Å². The van der Waals surface area contributed by atoms with Gasteiger partial charge in [0.2, 0.25) is 17.4 Å². The van der Waals surface area contributed by atoms with Gasteiger partial charge in [0.15, 0.2) is 30.2 Å². The molecule has 0 saturated carbocycles. The molecule has 14 N–H and O–H groups in total. The number of terminal acetylenes is 1. The Hall–Kier alpha value is -6.27. The molecule has 0 fully saturated rings. The molecule has 0 unspecified atom stereocenters. The van der Waals surface area contributed by atoms with Gasteiger partial charge in [-0.25, -0.2) is 29.2 Å². The molecule has 0 bridgehead atoms. The van der Waals surface area contributed by atoms with Crippen molar-refractivity contribution in [1.82, 2.24) is 20.0 Å². The second-order valence-electron chi connectivity index (χ2n) is 17.4. The van der Waals surface area contributed by atoms with Crippen LogP contribution in [0.15, 0.2) is 33.7 Å². The van der Waals surface area contributed by atoms with Gasteiger partial charge in [-0.2, -0.15) is 0 Å². The predicted octanol–water partition coefficient (Wildman–Crippen LogP) is -3.82. The SMILES string of the molecule is C#CCOCCOCCOCCOCCN(CCOCCN(C)C(=O)O[C@@H]([C@@H]1OC(C(=O)O)=C[C@H](N=C(N)N)[C@H]1C)[C@H](O)CC)CCOCCN(C)C(=O)O[C@@H]([C@@H]1OC(C(=O)O)=C[C@H](N=C(N)N)[C@H]1NC(C)=O)[C@H](O)CO. The van der Waals surface area contributed by atoms with Gasteiger partial charge in [-0.3, -0.25) is 9.69 Å². The summed E-state index contributed by atoms with van der Waals surface area (Å²) in [4.78, 5) is 75.2. The number of carboxylic acid groups (broad SMARTS) is 2. The average Bonchev–Trinajstić information content (AvgIpc) is 3.38. The molecule has 10 atom stereocenters. The largest absolute Gasteiger partial charge is 0.479 e. The molecular weight excluding hydrogens is 1020 g/mol. The molecule has 0 aromatic rings. The fraction of sp³-hybridized carbons (Fsp3) is 0.723. The van der Waals surface area contributed by atoms with Crippen molar-refractivity contribution in [2.24, 2.45) is 38.8 Å². The van der Waals surface area contributed by atoms with Crippen molar-refractivity contribution in [3.8, 4) is 12.3 Å². The summed E-state index contributed by atoms with van der Waals surface area (Å²) in [5, 5.41) is 53.6. The highest BCUT2D eigenvalue weighted by Gasteiger charge is 2.47. The topological polar surface area (TPSA) is 429 Å². The van der Waals surface area contributed by atoms with Crippen LogP contribution in [0, 0.1) is 18.3 Å². The van der Waals surface area contributed by atoms with Crippen LogP contribution in [0.2, 0.25) is 0 Å². The summed E-state index contributed by atoms with van der Waals surface area (Å²) in [6, 6.07) is -3.34. The summed E-state index contributed by atoms with van der Waals surface area (Å²) < 4.78 is 56.2. The number of carboxylic acids is 2. The minimum atomic E-state index is -1.82. The van der Waals surface area contributed by atoms with Gasteiger partial charge in [0.25, 0.3) is 0 Å². The van der Waals surface area contributed by atoms with Gasteiger partial charge in [0.1, 0.15) is 18.8 Å². The van der Waals surface area contributed by atoms with Crippen molar-refractivity contribution in [3.05, 3.63) is 23.7 Å². The lowest BCUT2D eigenvalue weighted by Crippen LogP contribution is -2.61. The zero-order valence-electron chi connectivity index (χ0n) is 44.3. The maximum atomic E-state index is 13.4. The highest BCUT2D eigenvalue weighted by Crippen LogP contribution is 2.32. The van der Waals surface area contributed by atoms with Gasteiger partial charge in [-0.15, -0.1) is 6.42 Å². The molecule has 0 aromatic heterocycles. The normalized spacial score (nSPS) is 20.5. The van der Waals surface area contributed by atoms with E-state index in [9.17, 15) is 49.5 Å². The van der Waals surface area contributed by atoms with Crippen LogP contribution in [0.25, 0.3) is 0 Å². The van der Waals surface area contributed by atoms with Gasteiger partial charge >= 0.3 is 24.1 Å². The molecule has 2 aliphatic heterocycles. The maximum Gasteiger partial charge on any atom is 0.410 e. The zero-order valence-corrected chi connectivity index (χ0v) is 44.3. The fourth-order valence-electron chi connectivity index (χ4n) is 7.38. The number of aliphatic carboxylic acids is 2. The molecule has 0 aliphatic carbocycles. The summed E-state index contributed by atoms with van der Waals surface area (Å²) in [7, 11) is 2.84. The van der Waals surface area contributed by atoms with E-state index in [0.717, 1.165) is 17.9 Å². The molecular formula is C47H80N10O20. The minimum absolute atomic E-state index is 0.00415. The predicted molar refractivity (Wildman–Crippen MR) is 273 cm³/mol. The molecule has 0 radical (unpaired) electrons. The van der Waals surface area contributed by atoms with Crippen LogP contribution < -0.4 is 28.3 Å². The van der Waals surface area contributed by atoms with Gasteiger partial charge in [0, 0.05) is 59.7 Å². The molecule has 0 aromatic carbocycles. The molecule has 0 spiro atoms. The van der Waals surface area contributed by atoms with E-state index >= 15 is 0 Å². The smallest absolute Gasteiger partial charge is 0.410 e.